The van der Waals surface area contributed by atoms with Gasteiger partial charge in [-0.3, -0.25) is 9.59 Å². The molecule has 0 heterocycles. The molecular formula is C10H19NO4. The van der Waals surface area contributed by atoms with Gasteiger partial charge in [-0.15, -0.1) is 0 Å². The number of carboxylic acids is 1. The lowest BCUT2D eigenvalue weighted by molar-refractivity contribution is -0.149. The van der Waals surface area contributed by atoms with Crippen molar-refractivity contribution in [2.24, 2.45) is 5.41 Å². The summed E-state index contributed by atoms with van der Waals surface area (Å²) in [5, 5.41) is 11.7. The van der Waals surface area contributed by atoms with E-state index in [2.05, 4.69) is 5.32 Å². The molecule has 15 heavy (non-hydrogen) atoms. The van der Waals surface area contributed by atoms with E-state index < -0.39 is 17.4 Å². The predicted molar refractivity (Wildman–Crippen MR) is 55.5 cm³/mol. The zero-order valence-electron chi connectivity index (χ0n) is 9.66. The molecule has 0 aromatic heterocycles. The summed E-state index contributed by atoms with van der Waals surface area (Å²) >= 11 is 0. The molecule has 0 bridgehead atoms. The van der Waals surface area contributed by atoms with Crippen LogP contribution in [-0.2, 0) is 14.3 Å². The minimum absolute atomic E-state index is 0.225. The summed E-state index contributed by atoms with van der Waals surface area (Å²) < 4.78 is 4.78. The second kappa shape index (κ2) is 5.70. The summed E-state index contributed by atoms with van der Waals surface area (Å²) in [7, 11) is 0. The zero-order valence-corrected chi connectivity index (χ0v) is 9.66. The van der Waals surface area contributed by atoms with E-state index in [-0.39, 0.29) is 12.5 Å². The Bertz CT molecular complexity index is 238. The Morgan fingerprint density at radius 1 is 1.47 bits per heavy atom. The molecule has 0 saturated heterocycles. The Balaban J connectivity index is 4.05. The van der Waals surface area contributed by atoms with Crippen LogP contribution in [0.2, 0.25) is 0 Å². The van der Waals surface area contributed by atoms with E-state index in [1.165, 1.54) is 0 Å². The molecule has 0 fully saturated rings. The predicted octanol–water partition coefficient (Wildman–Crippen LogP) is 0.638. The van der Waals surface area contributed by atoms with E-state index in [1.807, 2.05) is 0 Å². The Hall–Kier alpha value is -1.10. The Labute approximate surface area is 89.8 Å². The molecule has 5 nitrogen and oxygen atoms in total. The normalized spacial score (nSPS) is 13.3. The van der Waals surface area contributed by atoms with Gasteiger partial charge in [0.15, 0.2) is 0 Å². The quantitative estimate of drug-likeness (QED) is 0.638. The van der Waals surface area contributed by atoms with Gasteiger partial charge in [-0.2, -0.15) is 0 Å². The van der Waals surface area contributed by atoms with Crippen molar-refractivity contribution in [2.45, 2.75) is 33.7 Å². The SMILES string of the molecule is CCOC(=O)C(C)NCC(C)(C)C(=O)O. The number of rotatable bonds is 6. The fraction of sp³-hybridized carbons (Fsp3) is 0.800. The van der Waals surface area contributed by atoms with Crippen LogP contribution in [0.25, 0.3) is 0 Å². The maximum atomic E-state index is 11.2. The number of carbonyl (C=O) groups excluding carboxylic acids is 1. The van der Waals surface area contributed by atoms with Gasteiger partial charge >= 0.3 is 11.9 Å². The largest absolute Gasteiger partial charge is 0.481 e. The topological polar surface area (TPSA) is 75.6 Å². The minimum Gasteiger partial charge on any atom is -0.481 e. The van der Waals surface area contributed by atoms with Crippen molar-refractivity contribution in [2.75, 3.05) is 13.2 Å². The molecule has 1 atom stereocenters. The third kappa shape index (κ3) is 4.78. The molecule has 0 saturated carbocycles. The molecule has 0 aromatic rings. The molecule has 0 spiro atoms. The lowest BCUT2D eigenvalue weighted by Gasteiger charge is -2.21. The van der Waals surface area contributed by atoms with E-state index in [9.17, 15) is 9.59 Å². The van der Waals surface area contributed by atoms with Gasteiger partial charge in [0.25, 0.3) is 0 Å². The van der Waals surface area contributed by atoms with Crippen LogP contribution in [0.5, 0.6) is 0 Å². The summed E-state index contributed by atoms with van der Waals surface area (Å²) in [4.78, 5) is 22.0. The van der Waals surface area contributed by atoms with Crippen LogP contribution >= 0.6 is 0 Å². The van der Waals surface area contributed by atoms with Gasteiger partial charge < -0.3 is 15.2 Å². The first-order valence-electron chi connectivity index (χ1n) is 4.94. The standard InChI is InChI=1S/C10H19NO4/c1-5-15-8(12)7(2)11-6-10(3,4)9(13)14/h7,11H,5-6H2,1-4H3,(H,13,14). The lowest BCUT2D eigenvalue weighted by atomic mass is 9.93. The number of hydrogen-bond donors (Lipinski definition) is 2. The molecule has 0 aliphatic rings. The number of nitrogens with one attached hydrogen (secondary N) is 1. The minimum atomic E-state index is -0.897. The van der Waals surface area contributed by atoms with Crippen LogP contribution < -0.4 is 5.32 Å². The van der Waals surface area contributed by atoms with E-state index in [4.69, 9.17) is 9.84 Å². The van der Waals surface area contributed by atoms with Gasteiger partial charge in [-0.1, -0.05) is 0 Å². The maximum Gasteiger partial charge on any atom is 0.322 e. The Morgan fingerprint density at radius 3 is 2.40 bits per heavy atom. The molecular weight excluding hydrogens is 198 g/mol. The zero-order chi connectivity index (χ0) is 12.1. The molecule has 88 valence electrons. The molecule has 0 amide bonds. The fourth-order valence-corrected chi connectivity index (χ4v) is 0.834. The number of ether oxygens (including phenoxy) is 1. The Morgan fingerprint density at radius 2 is 2.00 bits per heavy atom. The molecule has 0 aromatic carbocycles. The molecule has 2 N–H and O–H groups in total. The second-order valence-corrected chi connectivity index (χ2v) is 4.04. The van der Waals surface area contributed by atoms with Crippen LogP contribution in [0.4, 0.5) is 0 Å². The van der Waals surface area contributed by atoms with Crippen LogP contribution in [0, 0.1) is 5.41 Å². The van der Waals surface area contributed by atoms with Gasteiger partial charge in [0, 0.05) is 6.54 Å². The molecule has 0 aliphatic carbocycles. The summed E-state index contributed by atoms with van der Waals surface area (Å²) in [6.45, 7) is 7.12. The lowest BCUT2D eigenvalue weighted by Crippen LogP contribution is -2.43. The van der Waals surface area contributed by atoms with E-state index in [0.29, 0.717) is 6.61 Å². The molecule has 5 heteroatoms. The molecule has 1 unspecified atom stereocenters. The monoisotopic (exact) mass is 217 g/mol. The summed E-state index contributed by atoms with van der Waals surface area (Å²) in [6.07, 6.45) is 0. The van der Waals surface area contributed by atoms with E-state index in [0.717, 1.165) is 0 Å². The highest BCUT2D eigenvalue weighted by atomic mass is 16.5. The van der Waals surface area contributed by atoms with Crippen LogP contribution in [0.1, 0.15) is 27.7 Å². The molecule has 0 radical (unpaired) electrons. The first-order valence-corrected chi connectivity index (χ1v) is 4.94. The van der Waals surface area contributed by atoms with Crippen molar-refractivity contribution >= 4 is 11.9 Å². The van der Waals surface area contributed by atoms with Crippen molar-refractivity contribution in [1.82, 2.24) is 5.32 Å². The van der Waals surface area contributed by atoms with E-state index in [1.54, 1.807) is 27.7 Å². The first-order chi connectivity index (χ1) is 6.81. The molecule has 0 rings (SSSR count). The average Bonchev–Trinajstić information content (AvgIpc) is 2.14. The fourth-order valence-electron chi connectivity index (χ4n) is 0.834. The summed E-state index contributed by atoms with van der Waals surface area (Å²) in [5.41, 5.74) is -0.888. The highest BCUT2D eigenvalue weighted by Crippen LogP contribution is 2.13. The van der Waals surface area contributed by atoms with Crippen molar-refractivity contribution < 1.29 is 19.4 Å². The van der Waals surface area contributed by atoms with Gasteiger partial charge in [0.05, 0.1) is 12.0 Å². The van der Waals surface area contributed by atoms with Crippen molar-refractivity contribution in [3.05, 3.63) is 0 Å². The smallest absolute Gasteiger partial charge is 0.322 e. The van der Waals surface area contributed by atoms with Crippen LogP contribution in [0.15, 0.2) is 0 Å². The first kappa shape index (κ1) is 13.9. The number of aliphatic carboxylic acids is 1. The number of esters is 1. The van der Waals surface area contributed by atoms with Crippen molar-refractivity contribution in [3.63, 3.8) is 0 Å². The van der Waals surface area contributed by atoms with Gasteiger partial charge in [0.2, 0.25) is 0 Å². The highest BCUT2D eigenvalue weighted by Gasteiger charge is 2.28. The number of hydrogen-bond acceptors (Lipinski definition) is 4. The number of carbonyl (C=O) groups is 2. The maximum absolute atomic E-state index is 11.2. The number of carboxylic acid groups (broad SMARTS) is 1. The molecule has 0 aliphatic heterocycles. The second-order valence-electron chi connectivity index (χ2n) is 4.04. The van der Waals surface area contributed by atoms with Crippen molar-refractivity contribution in [3.8, 4) is 0 Å². The third-order valence-corrected chi connectivity index (χ3v) is 2.07. The van der Waals surface area contributed by atoms with Gasteiger partial charge in [0.1, 0.15) is 6.04 Å². The Kier molecular flexibility index (Phi) is 5.28. The van der Waals surface area contributed by atoms with Crippen molar-refractivity contribution in [1.29, 1.82) is 0 Å². The average molecular weight is 217 g/mol. The van der Waals surface area contributed by atoms with Gasteiger partial charge in [-0.25, -0.2) is 0 Å². The van der Waals surface area contributed by atoms with E-state index >= 15 is 0 Å². The highest BCUT2D eigenvalue weighted by molar-refractivity contribution is 5.76. The summed E-state index contributed by atoms with van der Waals surface area (Å²) in [6, 6.07) is -0.483. The summed E-state index contributed by atoms with van der Waals surface area (Å²) in [5.74, 6) is -1.26. The van der Waals surface area contributed by atoms with Crippen LogP contribution in [-0.4, -0.2) is 36.2 Å². The van der Waals surface area contributed by atoms with Crippen LogP contribution in [0.3, 0.4) is 0 Å². The third-order valence-electron chi connectivity index (χ3n) is 2.07. The van der Waals surface area contributed by atoms with Gasteiger partial charge in [-0.05, 0) is 27.7 Å².